The predicted molar refractivity (Wildman–Crippen MR) is 110 cm³/mol. The number of hydrogen-bond acceptors (Lipinski definition) is 7. The number of methoxy groups -OCH3 is 1. The van der Waals surface area contributed by atoms with Crippen molar-refractivity contribution in [1.82, 2.24) is 0 Å². The van der Waals surface area contributed by atoms with Gasteiger partial charge in [-0.3, -0.25) is 4.79 Å². The van der Waals surface area contributed by atoms with Crippen LogP contribution in [0, 0.1) is 12.8 Å². The van der Waals surface area contributed by atoms with Gasteiger partial charge in [-0.1, -0.05) is 17.7 Å². The molecule has 0 amide bonds. The molecule has 3 atom stereocenters. The third-order valence-electron chi connectivity index (χ3n) is 5.40. The lowest BCUT2D eigenvalue weighted by atomic mass is 9.74. The molecule has 7 nitrogen and oxygen atoms in total. The molecule has 0 unspecified atom stereocenters. The SMILES string of the molecule is C/C=C/C1=CC2=CC(=O)[C@](C)(OC(=O)c3c(OC)cc(O)c(Cl)c3C)[C@@H](O)[C@@H]2CO1. The summed E-state index contributed by atoms with van der Waals surface area (Å²) in [6, 6.07) is 1.19. The molecule has 1 aromatic rings. The maximum atomic E-state index is 13.0. The summed E-state index contributed by atoms with van der Waals surface area (Å²) in [5.74, 6) is -1.62. The Morgan fingerprint density at radius 2 is 2.10 bits per heavy atom. The normalized spacial score (nSPS) is 25.9. The zero-order chi connectivity index (χ0) is 22.2. The number of ketones is 1. The highest BCUT2D eigenvalue weighted by Gasteiger charge is 2.52. The van der Waals surface area contributed by atoms with Crippen molar-refractivity contribution in [3.8, 4) is 11.5 Å². The number of allylic oxidation sites excluding steroid dienone is 3. The summed E-state index contributed by atoms with van der Waals surface area (Å²) < 4.78 is 16.3. The first-order chi connectivity index (χ1) is 14.1. The second-order valence-corrected chi connectivity index (χ2v) is 7.70. The van der Waals surface area contributed by atoms with Gasteiger partial charge in [0.1, 0.15) is 28.9 Å². The molecule has 2 N–H and O–H groups in total. The largest absolute Gasteiger partial charge is 0.506 e. The number of fused-ring (bicyclic) bond motifs is 1. The summed E-state index contributed by atoms with van der Waals surface area (Å²) in [5, 5.41) is 20.8. The van der Waals surface area contributed by atoms with Crippen molar-refractivity contribution in [2.45, 2.75) is 32.5 Å². The Balaban J connectivity index is 1.97. The Hall–Kier alpha value is -2.77. The first-order valence-corrected chi connectivity index (χ1v) is 9.72. The predicted octanol–water partition coefficient (Wildman–Crippen LogP) is 3.25. The fourth-order valence-electron chi connectivity index (χ4n) is 3.62. The highest BCUT2D eigenvalue weighted by Crippen LogP contribution is 2.40. The third kappa shape index (κ3) is 3.59. The molecule has 3 rings (SSSR count). The van der Waals surface area contributed by atoms with Crippen molar-refractivity contribution < 1.29 is 34.0 Å². The van der Waals surface area contributed by atoms with Gasteiger partial charge >= 0.3 is 5.97 Å². The maximum Gasteiger partial charge on any atom is 0.343 e. The van der Waals surface area contributed by atoms with Crippen LogP contribution in [0.4, 0.5) is 0 Å². The van der Waals surface area contributed by atoms with Crippen molar-refractivity contribution in [1.29, 1.82) is 0 Å². The van der Waals surface area contributed by atoms with Gasteiger partial charge in [0.25, 0.3) is 0 Å². The molecule has 30 heavy (non-hydrogen) atoms. The number of aliphatic hydroxyl groups is 1. The molecular formula is C22H23ClO7. The average molecular weight is 435 g/mol. The lowest BCUT2D eigenvalue weighted by Crippen LogP contribution is -2.57. The van der Waals surface area contributed by atoms with Crippen LogP contribution < -0.4 is 4.74 Å². The molecule has 0 spiro atoms. The minimum absolute atomic E-state index is 0.0343. The zero-order valence-corrected chi connectivity index (χ0v) is 17.8. The van der Waals surface area contributed by atoms with E-state index in [9.17, 15) is 19.8 Å². The molecule has 0 fully saturated rings. The lowest BCUT2D eigenvalue weighted by molar-refractivity contribution is -0.152. The van der Waals surface area contributed by atoms with Gasteiger partial charge in [-0.15, -0.1) is 0 Å². The topological polar surface area (TPSA) is 102 Å². The van der Waals surface area contributed by atoms with Gasteiger partial charge in [-0.2, -0.15) is 0 Å². The van der Waals surface area contributed by atoms with Crippen LogP contribution >= 0.6 is 11.6 Å². The number of phenolic OH excluding ortho intramolecular Hbond substituents is 1. The van der Waals surface area contributed by atoms with Gasteiger partial charge in [0.2, 0.25) is 5.78 Å². The number of carbonyl (C=O) groups excluding carboxylic acids is 2. The van der Waals surface area contributed by atoms with Crippen LogP contribution in [-0.4, -0.2) is 47.4 Å². The standard InChI is InChI=1S/C22H23ClO7/c1-5-6-13-7-12-8-17(25)22(3,20(26)14(12)10-29-13)30-21(27)18-11(2)19(23)15(24)9-16(18)28-4/h5-9,14,20,24,26H,10H2,1-4H3/b6-5+/t14-,20+,22+/m1/s1. The van der Waals surface area contributed by atoms with Crippen LogP contribution in [-0.2, 0) is 14.3 Å². The second kappa shape index (κ2) is 8.16. The zero-order valence-electron chi connectivity index (χ0n) is 17.1. The molecule has 1 heterocycles. The first kappa shape index (κ1) is 21.9. The summed E-state index contributed by atoms with van der Waals surface area (Å²) in [6.45, 7) is 4.86. The highest BCUT2D eigenvalue weighted by molar-refractivity contribution is 6.33. The van der Waals surface area contributed by atoms with E-state index in [1.165, 1.54) is 33.1 Å². The highest BCUT2D eigenvalue weighted by atomic mass is 35.5. The Morgan fingerprint density at radius 1 is 1.40 bits per heavy atom. The van der Waals surface area contributed by atoms with Crippen molar-refractivity contribution >= 4 is 23.4 Å². The molecule has 0 saturated carbocycles. The van der Waals surface area contributed by atoms with Gasteiger partial charge in [0, 0.05) is 12.0 Å². The van der Waals surface area contributed by atoms with Crippen molar-refractivity contribution in [2.75, 3.05) is 13.7 Å². The van der Waals surface area contributed by atoms with Crippen LogP contribution in [0.5, 0.6) is 11.5 Å². The summed E-state index contributed by atoms with van der Waals surface area (Å²) in [4.78, 5) is 25.9. The average Bonchev–Trinajstić information content (AvgIpc) is 2.70. The molecular weight excluding hydrogens is 412 g/mol. The van der Waals surface area contributed by atoms with E-state index >= 15 is 0 Å². The Labute approximate surface area is 179 Å². The molecule has 1 aliphatic heterocycles. The maximum absolute atomic E-state index is 13.0. The van der Waals surface area contributed by atoms with Gasteiger partial charge in [-0.05, 0) is 50.1 Å². The van der Waals surface area contributed by atoms with Gasteiger partial charge in [0.15, 0.2) is 5.60 Å². The number of hydrogen-bond donors (Lipinski definition) is 2. The number of esters is 1. The van der Waals surface area contributed by atoms with E-state index in [1.807, 2.05) is 6.92 Å². The Morgan fingerprint density at radius 3 is 2.73 bits per heavy atom. The van der Waals surface area contributed by atoms with E-state index in [1.54, 1.807) is 18.2 Å². The summed E-state index contributed by atoms with van der Waals surface area (Å²) in [6.07, 6.45) is 5.29. The van der Waals surface area contributed by atoms with E-state index in [-0.39, 0.29) is 34.3 Å². The Bertz CT molecular complexity index is 992. The second-order valence-electron chi connectivity index (χ2n) is 7.33. The minimum atomic E-state index is -1.83. The van der Waals surface area contributed by atoms with Crippen molar-refractivity contribution in [2.24, 2.45) is 5.92 Å². The van der Waals surface area contributed by atoms with Crippen LogP contribution in [0.25, 0.3) is 0 Å². The molecule has 2 aliphatic rings. The smallest absolute Gasteiger partial charge is 0.343 e. The van der Waals surface area contributed by atoms with Crippen molar-refractivity contribution in [3.05, 3.63) is 57.9 Å². The van der Waals surface area contributed by atoms with E-state index in [0.29, 0.717) is 11.3 Å². The summed E-state index contributed by atoms with van der Waals surface area (Å²) >= 11 is 6.05. The molecule has 1 aromatic carbocycles. The molecule has 0 aromatic heterocycles. The number of benzene rings is 1. The van der Waals surface area contributed by atoms with E-state index in [0.717, 1.165) is 0 Å². The van der Waals surface area contributed by atoms with Crippen LogP contribution in [0.15, 0.2) is 41.7 Å². The minimum Gasteiger partial charge on any atom is -0.506 e. The molecule has 160 valence electrons. The summed E-state index contributed by atoms with van der Waals surface area (Å²) in [7, 11) is 1.32. The molecule has 0 radical (unpaired) electrons. The number of ether oxygens (including phenoxy) is 3. The number of rotatable bonds is 4. The fraction of sp³-hybridized carbons (Fsp3) is 0.364. The number of phenols is 1. The summed E-state index contributed by atoms with van der Waals surface area (Å²) in [5.41, 5.74) is -1.02. The van der Waals surface area contributed by atoms with Gasteiger partial charge in [-0.25, -0.2) is 4.79 Å². The van der Waals surface area contributed by atoms with Gasteiger partial charge in [0.05, 0.1) is 18.7 Å². The van der Waals surface area contributed by atoms with E-state index < -0.39 is 29.4 Å². The fourth-order valence-corrected chi connectivity index (χ4v) is 3.77. The van der Waals surface area contributed by atoms with E-state index in [2.05, 4.69) is 0 Å². The molecule has 0 saturated heterocycles. The van der Waals surface area contributed by atoms with E-state index in [4.69, 9.17) is 25.8 Å². The number of aliphatic hydroxyl groups excluding tert-OH is 1. The van der Waals surface area contributed by atoms with Crippen LogP contribution in [0.1, 0.15) is 29.8 Å². The quantitative estimate of drug-likeness (QED) is 0.701. The third-order valence-corrected chi connectivity index (χ3v) is 5.88. The number of halogens is 1. The molecule has 0 bridgehead atoms. The lowest BCUT2D eigenvalue weighted by Gasteiger charge is -2.41. The molecule has 8 heteroatoms. The van der Waals surface area contributed by atoms with Crippen molar-refractivity contribution in [3.63, 3.8) is 0 Å². The molecule has 1 aliphatic carbocycles. The number of carbonyl (C=O) groups is 2. The van der Waals surface area contributed by atoms with Gasteiger partial charge < -0.3 is 24.4 Å². The monoisotopic (exact) mass is 434 g/mol. The van der Waals surface area contributed by atoms with Crippen LogP contribution in [0.2, 0.25) is 5.02 Å². The first-order valence-electron chi connectivity index (χ1n) is 9.34. The number of aromatic hydroxyl groups is 1. The Kier molecular flexibility index (Phi) is 5.97. The van der Waals surface area contributed by atoms with Crippen LogP contribution in [0.3, 0.4) is 0 Å².